The zero-order valence-electron chi connectivity index (χ0n) is 11.4. The molecule has 1 heterocycles. The molecule has 0 aliphatic carbocycles. The lowest BCUT2D eigenvalue weighted by Gasteiger charge is -2.15. The Morgan fingerprint density at radius 1 is 1.18 bits per heavy atom. The highest BCUT2D eigenvalue weighted by atomic mass is 32.2. The van der Waals surface area contributed by atoms with Gasteiger partial charge >= 0.3 is 21.6 Å². The number of ether oxygens (including phenoxy) is 2. The van der Waals surface area contributed by atoms with Gasteiger partial charge in [-0.25, -0.2) is 4.79 Å². The van der Waals surface area contributed by atoms with Gasteiger partial charge in [0.25, 0.3) is 0 Å². The van der Waals surface area contributed by atoms with Crippen LogP contribution in [0.2, 0.25) is 0 Å². The Hall–Kier alpha value is -1.81. The number of rotatable bonds is 3. The summed E-state index contributed by atoms with van der Waals surface area (Å²) in [4.78, 5) is 11.6. The van der Waals surface area contributed by atoms with Crippen molar-refractivity contribution in [2.75, 3.05) is 0 Å². The molecule has 1 atom stereocenters. The first-order valence-corrected chi connectivity index (χ1v) is 7.33. The Morgan fingerprint density at radius 2 is 1.73 bits per heavy atom. The molecule has 1 aromatic rings. The number of alkyl halides is 3. The summed E-state index contributed by atoms with van der Waals surface area (Å²) in [5.41, 5.74) is -5.22. The average Bonchev–Trinajstić information content (AvgIpc) is 2.62. The fourth-order valence-electron chi connectivity index (χ4n) is 1.73. The third kappa shape index (κ3) is 3.33. The van der Waals surface area contributed by atoms with Crippen molar-refractivity contribution in [1.82, 2.24) is 0 Å². The number of carbonyl (C=O) groups is 1. The fourth-order valence-corrected chi connectivity index (χ4v) is 2.19. The highest BCUT2D eigenvalue weighted by Gasteiger charge is 2.48. The van der Waals surface area contributed by atoms with Crippen molar-refractivity contribution >= 4 is 16.1 Å². The first kappa shape index (κ1) is 16.6. The first-order chi connectivity index (χ1) is 9.91. The first-order valence-electron chi connectivity index (χ1n) is 5.93. The summed E-state index contributed by atoms with van der Waals surface area (Å²) >= 11 is 0. The SMILES string of the molecule is CC1(C)OC(=O)C(c2ccc(OS(=O)(=O)C(F)(F)F)cc2)O1. The molecule has 1 unspecified atom stereocenters. The van der Waals surface area contributed by atoms with E-state index in [1.807, 2.05) is 0 Å². The second kappa shape index (κ2) is 5.13. The molecule has 0 radical (unpaired) electrons. The Kier molecular flexibility index (Phi) is 3.86. The molecular weight excluding hydrogens is 329 g/mol. The summed E-state index contributed by atoms with van der Waals surface area (Å²) in [5, 5.41) is 0. The normalized spacial score (nSPS) is 21.5. The van der Waals surface area contributed by atoms with Gasteiger partial charge in [-0.15, -0.1) is 0 Å². The minimum atomic E-state index is -5.73. The number of halogens is 3. The van der Waals surface area contributed by atoms with E-state index in [-0.39, 0.29) is 0 Å². The number of hydrogen-bond acceptors (Lipinski definition) is 6. The average molecular weight is 340 g/mol. The molecular formula is C12H11F3O6S. The van der Waals surface area contributed by atoms with E-state index < -0.39 is 39.2 Å². The molecule has 1 aliphatic heterocycles. The smallest absolute Gasteiger partial charge is 0.431 e. The monoisotopic (exact) mass is 340 g/mol. The number of cyclic esters (lactones) is 1. The van der Waals surface area contributed by atoms with Crippen LogP contribution < -0.4 is 4.18 Å². The summed E-state index contributed by atoms with van der Waals surface area (Å²) in [5.74, 6) is -2.30. The van der Waals surface area contributed by atoms with Crippen LogP contribution in [0.15, 0.2) is 24.3 Å². The van der Waals surface area contributed by atoms with Gasteiger partial charge in [0.2, 0.25) is 5.79 Å². The summed E-state index contributed by atoms with van der Waals surface area (Å²) in [6, 6.07) is 4.41. The maximum atomic E-state index is 12.2. The molecule has 1 fully saturated rings. The lowest BCUT2D eigenvalue weighted by atomic mass is 10.1. The Bertz CT molecular complexity index is 678. The van der Waals surface area contributed by atoms with Crippen molar-refractivity contribution < 1.29 is 40.0 Å². The zero-order chi connectivity index (χ0) is 16.8. The van der Waals surface area contributed by atoms with Gasteiger partial charge in [0.15, 0.2) is 6.10 Å². The largest absolute Gasteiger partial charge is 0.534 e. The standard InChI is InChI=1S/C12H11F3O6S/c1-11(2)19-9(10(16)20-11)7-3-5-8(6-4-7)21-22(17,18)12(13,14)15/h3-6,9H,1-2H3. The summed E-state index contributed by atoms with van der Waals surface area (Å²) < 4.78 is 72.5. The summed E-state index contributed by atoms with van der Waals surface area (Å²) in [7, 11) is -5.73. The third-order valence-corrected chi connectivity index (χ3v) is 3.61. The zero-order valence-corrected chi connectivity index (χ0v) is 12.2. The van der Waals surface area contributed by atoms with E-state index in [0.717, 1.165) is 12.1 Å². The fraction of sp³-hybridized carbons (Fsp3) is 0.417. The highest BCUT2D eigenvalue weighted by molar-refractivity contribution is 7.87. The Morgan fingerprint density at radius 3 is 2.14 bits per heavy atom. The molecule has 6 nitrogen and oxygen atoms in total. The van der Waals surface area contributed by atoms with Crippen LogP contribution in [0.4, 0.5) is 13.2 Å². The van der Waals surface area contributed by atoms with Crippen molar-refractivity contribution in [3.05, 3.63) is 29.8 Å². The molecule has 1 saturated heterocycles. The van der Waals surface area contributed by atoms with Crippen LogP contribution in [0.25, 0.3) is 0 Å². The molecule has 10 heteroatoms. The summed E-state index contributed by atoms with van der Waals surface area (Å²) in [6.07, 6.45) is -1.04. The minimum absolute atomic E-state index is 0.298. The molecule has 0 saturated carbocycles. The molecule has 22 heavy (non-hydrogen) atoms. The molecule has 0 N–H and O–H groups in total. The molecule has 0 bridgehead atoms. The van der Waals surface area contributed by atoms with Crippen molar-refractivity contribution in [1.29, 1.82) is 0 Å². The van der Waals surface area contributed by atoms with Gasteiger partial charge in [0.05, 0.1) is 0 Å². The van der Waals surface area contributed by atoms with E-state index in [4.69, 9.17) is 9.47 Å². The number of benzene rings is 1. The van der Waals surface area contributed by atoms with Crippen LogP contribution in [0, 0.1) is 0 Å². The van der Waals surface area contributed by atoms with Gasteiger partial charge in [-0.1, -0.05) is 12.1 Å². The van der Waals surface area contributed by atoms with Crippen LogP contribution in [0.5, 0.6) is 5.75 Å². The van der Waals surface area contributed by atoms with Gasteiger partial charge in [0, 0.05) is 13.8 Å². The van der Waals surface area contributed by atoms with E-state index in [2.05, 4.69) is 4.18 Å². The predicted octanol–water partition coefficient (Wildman–Crippen LogP) is 2.27. The number of carbonyl (C=O) groups excluding carboxylic acids is 1. The maximum absolute atomic E-state index is 12.2. The van der Waals surface area contributed by atoms with E-state index >= 15 is 0 Å². The van der Waals surface area contributed by atoms with Crippen LogP contribution in [0.1, 0.15) is 25.5 Å². The molecule has 122 valence electrons. The maximum Gasteiger partial charge on any atom is 0.534 e. The molecule has 0 spiro atoms. The molecule has 1 aromatic carbocycles. The van der Waals surface area contributed by atoms with Gasteiger partial charge < -0.3 is 13.7 Å². The predicted molar refractivity (Wildman–Crippen MR) is 66.0 cm³/mol. The van der Waals surface area contributed by atoms with Crippen molar-refractivity contribution in [2.45, 2.75) is 31.2 Å². The van der Waals surface area contributed by atoms with Crippen LogP contribution in [-0.4, -0.2) is 25.7 Å². The van der Waals surface area contributed by atoms with E-state index in [9.17, 15) is 26.4 Å². The second-order valence-electron chi connectivity index (χ2n) is 4.87. The van der Waals surface area contributed by atoms with E-state index in [1.165, 1.54) is 26.0 Å². The van der Waals surface area contributed by atoms with Crippen molar-refractivity contribution in [2.24, 2.45) is 0 Å². The van der Waals surface area contributed by atoms with Crippen LogP contribution >= 0.6 is 0 Å². The van der Waals surface area contributed by atoms with Gasteiger partial charge in [-0.2, -0.15) is 21.6 Å². The van der Waals surface area contributed by atoms with Crippen LogP contribution in [-0.2, 0) is 24.4 Å². The van der Waals surface area contributed by atoms with E-state index in [1.54, 1.807) is 0 Å². The Balaban J connectivity index is 2.17. The highest BCUT2D eigenvalue weighted by Crippen LogP contribution is 2.35. The molecule has 0 aromatic heterocycles. The second-order valence-corrected chi connectivity index (χ2v) is 6.41. The number of esters is 1. The van der Waals surface area contributed by atoms with E-state index in [0.29, 0.717) is 5.56 Å². The lowest BCUT2D eigenvalue weighted by molar-refractivity contribution is -0.160. The van der Waals surface area contributed by atoms with Crippen LogP contribution in [0.3, 0.4) is 0 Å². The third-order valence-electron chi connectivity index (χ3n) is 2.63. The lowest BCUT2D eigenvalue weighted by Crippen LogP contribution is -2.28. The Labute approximate surface area is 123 Å². The number of hydrogen-bond donors (Lipinski definition) is 0. The molecule has 2 rings (SSSR count). The topological polar surface area (TPSA) is 78.9 Å². The molecule has 1 aliphatic rings. The minimum Gasteiger partial charge on any atom is -0.431 e. The van der Waals surface area contributed by atoms with Gasteiger partial charge in [-0.05, 0) is 17.7 Å². The van der Waals surface area contributed by atoms with Gasteiger partial charge in [-0.3, -0.25) is 0 Å². The van der Waals surface area contributed by atoms with Crippen molar-refractivity contribution in [3.8, 4) is 5.75 Å². The molecule has 0 amide bonds. The van der Waals surface area contributed by atoms with Gasteiger partial charge in [0.1, 0.15) is 5.75 Å². The van der Waals surface area contributed by atoms with Crippen molar-refractivity contribution in [3.63, 3.8) is 0 Å². The summed E-state index contributed by atoms with van der Waals surface area (Å²) in [6.45, 7) is 3.05. The quantitative estimate of drug-likeness (QED) is 0.477.